The lowest BCUT2D eigenvalue weighted by Crippen LogP contribution is -2.50. The molecule has 2 aliphatic rings. The molecular weight excluding hydrogens is 240 g/mol. The molecule has 2 rings (SSSR count). The van der Waals surface area contributed by atoms with Crippen LogP contribution in [0.1, 0.15) is 46.0 Å². The molecule has 1 saturated carbocycles. The number of rotatable bonds is 2. The standard InChI is InChI=1S/C15H26N2O2/c1-12-10-17(11-13(2)19-12)15(18)16-9-8-14-6-4-3-5-7-14/h8-9,12-14H,3-7,10-11H2,1-2H3,(H,16,18)/b9-8+. The normalized spacial score (nSPS) is 29.7. The first kappa shape index (κ1) is 14.4. The van der Waals surface area contributed by atoms with Crippen molar-refractivity contribution in [2.45, 2.75) is 58.2 Å². The van der Waals surface area contributed by atoms with Gasteiger partial charge in [-0.3, -0.25) is 0 Å². The highest BCUT2D eigenvalue weighted by Gasteiger charge is 2.25. The summed E-state index contributed by atoms with van der Waals surface area (Å²) in [6, 6.07) is -0.00550. The fraction of sp³-hybridized carbons (Fsp3) is 0.800. The number of nitrogens with one attached hydrogen (secondary N) is 1. The predicted molar refractivity (Wildman–Crippen MR) is 75.8 cm³/mol. The third kappa shape index (κ3) is 4.53. The Morgan fingerprint density at radius 3 is 2.42 bits per heavy atom. The van der Waals surface area contributed by atoms with Crippen LogP contribution in [0, 0.1) is 5.92 Å². The van der Waals surface area contributed by atoms with Crippen molar-refractivity contribution in [2.75, 3.05) is 13.1 Å². The molecule has 1 N–H and O–H groups in total. The summed E-state index contributed by atoms with van der Waals surface area (Å²) in [6.07, 6.45) is 10.8. The van der Waals surface area contributed by atoms with Crippen LogP contribution in [0.25, 0.3) is 0 Å². The van der Waals surface area contributed by atoms with Crippen LogP contribution < -0.4 is 5.32 Å². The molecule has 2 fully saturated rings. The maximum Gasteiger partial charge on any atom is 0.321 e. The number of allylic oxidation sites excluding steroid dienone is 1. The number of carbonyl (C=O) groups excluding carboxylic acids is 1. The third-order valence-corrected chi connectivity index (χ3v) is 3.93. The van der Waals surface area contributed by atoms with Crippen molar-refractivity contribution in [3.8, 4) is 0 Å². The van der Waals surface area contributed by atoms with Crippen LogP contribution in [0.15, 0.2) is 12.3 Å². The van der Waals surface area contributed by atoms with Gasteiger partial charge in [0.05, 0.1) is 12.2 Å². The Morgan fingerprint density at radius 1 is 1.16 bits per heavy atom. The fourth-order valence-corrected chi connectivity index (χ4v) is 3.02. The second-order valence-electron chi connectivity index (χ2n) is 5.87. The molecule has 1 aliphatic carbocycles. The minimum absolute atomic E-state index is 0.00550. The van der Waals surface area contributed by atoms with E-state index in [1.54, 1.807) is 0 Å². The van der Waals surface area contributed by atoms with E-state index in [1.165, 1.54) is 32.1 Å². The molecule has 0 spiro atoms. The van der Waals surface area contributed by atoms with Crippen LogP contribution in [0.2, 0.25) is 0 Å². The zero-order chi connectivity index (χ0) is 13.7. The van der Waals surface area contributed by atoms with Gasteiger partial charge < -0.3 is 15.0 Å². The average molecular weight is 266 g/mol. The quantitative estimate of drug-likeness (QED) is 0.835. The van der Waals surface area contributed by atoms with Gasteiger partial charge in [0, 0.05) is 19.3 Å². The molecular formula is C15H26N2O2. The van der Waals surface area contributed by atoms with Gasteiger partial charge in [-0.2, -0.15) is 0 Å². The van der Waals surface area contributed by atoms with Gasteiger partial charge in [0.25, 0.3) is 0 Å². The maximum absolute atomic E-state index is 12.0. The predicted octanol–water partition coefficient (Wildman–Crippen LogP) is 2.90. The van der Waals surface area contributed by atoms with E-state index in [4.69, 9.17) is 4.74 Å². The molecule has 1 saturated heterocycles. The minimum atomic E-state index is -0.00550. The second-order valence-corrected chi connectivity index (χ2v) is 5.87. The van der Waals surface area contributed by atoms with Crippen molar-refractivity contribution in [3.05, 3.63) is 12.3 Å². The Morgan fingerprint density at radius 2 is 1.79 bits per heavy atom. The molecule has 2 atom stereocenters. The molecule has 2 amide bonds. The highest BCUT2D eigenvalue weighted by atomic mass is 16.5. The summed E-state index contributed by atoms with van der Waals surface area (Å²) in [6.45, 7) is 5.36. The number of carbonyl (C=O) groups is 1. The first-order chi connectivity index (χ1) is 9.15. The summed E-state index contributed by atoms with van der Waals surface area (Å²) in [4.78, 5) is 13.9. The van der Waals surface area contributed by atoms with Gasteiger partial charge >= 0.3 is 6.03 Å². The maximum atomic E-state index is 12.0. The van der Waals surface area contributed by atoms with E-state index < -0.39 is 0 Å². The van der Waals surface area contributed by atoms with Crippen LogP contribution in [-0.4, -0.2) is 36.2 Å². The lowest BCUT2D eigenvalue weighted by molar-refractivity contribution is -0.0542. The number of morpholine rings is 1. The van der Waals surface area contributed by atoms with Crippen molar-refractivity contribution in [3.63, 3.8) is 0 Å². The topological polar surface area (TPSA) is 41.6 Å². The summed E-state index contributed by atoms with van der Waals surface area (Å²) in [5.74, 6) is 0.650. The van der Waals surface area contributed by atoms with Crippen molar-refractivity contribution < 1.29 is 9.53 Å². The molecule has 0 aromatic carbocycles. The van der Waals surface area contributed by atoms with Crippen molar-refractivity contribution >= 4 is 6.03 Å². The van der Waals surface area contributed by atoms with E-state index in [9.17, 15) is 4.79 Å². The van der Waals surface area contributed by atoms with Gasteiger partial charge in [-0.1, -0.05) is 25.3 Å². The van der Waals surface area contributed by atoms with Crippen molar-refractivity contribution in [2.24, 2.45) is 5.92 Å². The van der Waals surface area contributed by atoms with Crippen LogP contribution >= 0.6 is 0 Å². The number of amides is 2. The van der Waals surface area contributed by atoms with Crippen LogP contribution in [0.4, 0.5) is 4.79 Å². The van der Waals surface area contributed by atoms with Crippen LogP contribution in [0.3, 0.4) is 0 Å². The summed E-state index contributed by atoms with van der Waals surface area (Å²) in [5, 5.41) is 2.89. The van der Waals surface area contributed by atoms with Crippen LogP contribution in [-0.2, 0) is 4.74 Å². The molecule has 108 valence electrons. The zero-order valence-electron chi connectivity index (χ0n) is 12.1. The molecule has 0 aromatic heterocycles. The number of ether oxygens (including phenoxy) is 1. The summed E-state index contributed by atoms with van der Waals surface area (Å²) >= 11 is 0. The Labute approximate surface area is 116 Å². The highest BCUT2D eigenvalue weighted by Crippen LogP contribution is 2.24. The van der Waals surface area contributed by atoms with Gasteiger partial charge in [0.2, 0.25) is 0 Å². The third-order valence-electron chi connectivity index (χ3n) is 3.93. The monoisotopic (exact) mass is 266 g/mol. The Hall–Kier alpha value is -1.03. The van der Waals surface area contributed by atoms with E-state index in [0.29, 0.717) is 19.0 Å². The SMILES string of the molecule is CC1CN(C(=O)N/C=C/C2CCCCC2)CC(C)O1. The van der Waals surface area contributed by atoms with Gasteiger partial charge in [0.1, 0.15) is 0 Å². The van der Waals surface area contributed by atoms with E-state index in [1.807, 2.05) is 24.9 Å². The molecule has 0 bridgehead atoms. The van der Waals surface area contributed by atoms with Gasteiger partial charge in [-0.15, -0.1) is 0 Å². The van der Waals surface area contributed by atoms with E-state index in [-0.39, 0.29) is 18.2 Å². The number of urea groups is 1. The molecule has 19 heavy (non-hydrogen) atoms. The average Bonchev–Trinajstić information content (AvgIpc) is 2.38. The Balaban J connectivity index is 1.75. The Bertz CT molecular complexity index is 314. The molecule has 2 unspecified atom stereocenters. The summed E-state index contributed by atoms with van der Waals surface area (Å²) in [7, 11) is 0. The molecule has 1 aliphatic heterocycles. The lowest BCUT2D eigenvalue weighted by Gasteiger charge is -2.34. The molecule has 4 nitrogen and oxygen atoms in total. The number of hydrogen-bond acceptors (Lipinski definition) is 2. The fourth-order valence-electron chi connectivity index (χ4n) is 3.02. The van der Waals surface area contributed by atoms with E-state index >= 15 is 0 Å². The number of hydrogen-bond donors (Lipinski definition) is 1. The second kappa shape index (κ2) is 6.94. The van der Waals surface area contributed by atoms with E-state index in [2.05, 4.69) is 11.4 Å². The first-order valence-electron chi connectivity index (χ1n) is 7.52. The summed E-state index contributed by atoms with van der Waals surface area (Å²) < 4.78 is 5.63. The lowest BCUT2D eigenvalue weighted by atomic mass is 9.89. The minimum Gasteiger partial charge on any atom is -0.372 e. The number of nitrogens with zero attached hydrogens (tertiary/aromatic N) is 1. The highest BCUT2D eigenvalue weighted by molar-refractivity contribution is 5.75. The van der Waals surface area contributed by atoms with Gasteiger partial charge in [-0.25, -0.2) is 4.79 Å². The summed E-state index contributed by atoms with van der Waals surface area (Å²) in [5.41, 5.74) is 0. The first-order valence-corrected chi connectivity index (χ1v) is 7.52. The van der Waals surface area contributed by atoms with Crippen molar-refractivity contribution in [1.82, 2.24) is 10.2 Å². The smallest absolute Gasteiger partial charge is 0.321 e. The zero-order valence-corrected chi connectivity index (χ0v) is 12.1. The van der Waals surface area contributed by atoms with Crippen molar-refractivity contribution in [1.29, 1.82) is 0 Å². The van der Waals surface area contributed by atoms with Gasteiger partial charge in [-0.05, 0) is 32.6 Å². The van der Waals surface area contributed by atoms with Gasteiger partial charge in [0.15, 0.2) is 0 Å². The molecule has 1 heterocycles. The molecule has 0 aromatic rings. The molecule has 0 radical (unpaired) electrons. The molecule has 4 heteroatoms. The van der Waals surface area contributed by atoms with E-state index in [0.717, 1.165) is 0 Å². The Kier molecular flexibility index (Phi) is 5.25. The largest absolute Gasteiger partial charge is 0.372 e. The van der Waals surface area contributed by atoms with Crippen LogP contribution in [0.5, 0.6) is 0 Å².